The summed E-state index contributed by atoms with van der Waals surface area (Å²) in [5.74, 6) is 1.02. The number of ether oxygens (including phenoxy) is 3. The summed E-state index contributed by atoms with van der Waals surface area (Å²) in [5, 5.41) is 0. The molecule has 0 saturated heterocycles. The average molecular weight is 377 g/mol. The number of rotatable bonds is 6. The molecule has 2 aromatic carbocycles. The molecule has 0 aliphatic carbocycles. The van der Waals surface area contributed by atoms with Crippen molar-refractivity contribution >= 4 is 10.0 Å². The van der Waals surface area contributed by atoms with E-state index in [-0.39, 0.29) is 17.5 Å². The predicted molar refractivity (Wildman–Crippen MR) is 98.2 cm³/mol. The van der Waals surface area contributed by atoms with Crippen molar-refractivity contribution in [2.24, 2.45) is 0 Å². The quantitative estimate of drug-likeness (QED) is 0.838. The molecule has 140 valence electrons. The molecule has 1 aliphatic rings. The van der Waals surface area contributed by atoms with Crippen molar-refractivity contribution in [3.8, 4) is 11.5 Å². The van der Waals surface area contributed by atoms with E-state index in [1.807, 2.05) is 31.2 Å². The monoisotopic (exact) mass is 377 g/mol. The van der Waals surface area contributed by atoms with Gasteiger partial charge < -0.3 is 14.2 Å². The van der Waals surface area contributed by atoms with Crippen LogP contribution in [0.2, 0.25) is 0 Å². The third-order valence-corrected chi connectivity index (χ3v) is 5.73. The van der Waals surface area contributed by atoms with Gasteiger partial charge >= 0.3 is 0 Å². The highest BCUT2D eigenvalue weighted by Gasteiger charge is 2.21. The van der Waals surface area contributed by atoms with Crippen LogP contribution in [0.5, 0.6) is 11.5 Å². The normalized spacial score (nSPS) is 15.3. The van der Waals surface area contributed by atoms with Crippen LogP contribution in [0.1, 0.15) is 23.7 Å². The number of nitrogens with one attached hydrogen (secondary N) is 1. The molecule has 0 bridgehead atoms. The summed E-state index contributed by atoms with van der Waals surface area (Å²) in [6, 6.07) is 12.4. The molecule has 0 spiro atoms. The number of hydrogen-bond donors (Lipinski definition) is 1. The van der Waals surface area contributed by atoms with Gasteiger partial charge in [0.25, 0.3) is 0 Å². The number of benzene rings is 2. The van der Waals surface area contributed by atoms with Crippen LogP contribution in [0.15, 0.2) is 47.4 Å². The van der Waals surface area contributed by atoms with Crippen LogP contribution in [0, 0.1) is 6.92 Å². The lowest BCUT2D eigenvalue weighted by atomic mass is 10.0. The molecule has 3 rings (SSSR count). The van der Waals surface area contributed by atoms with Crippen molar-refractivity contribution in [1.82, 2.24) is 4.72 Å². The Labute approximate surface area is 154 Å². The van der Waals surface area contributed by atoms with E-state index in [0.29, 0.717) is 24.7 Å². The van der Waals surface area contributed by atoms with E-state index in [9.17, 15) is 8.42 Å². The second-order valence-electron chi connectivity index (χ2n) is 6.09. The average Bonchev–Trinajstić information content (AvgIpc) is 2.88. The molecular weight excluding hydrogens is 354 g/mol. The number of fused-ring (bicyclic) bond motifs is 1. The fourth-order valence-electron chi connectivity index (χ4n) is 2.85. The van der Waals surface area contributed by atoms with Gasteiger partial charge in [-0.15, -0.1) is 0 Å². The summed E-state index contributed by atoms with van der Waals surface area (Å²) < 4.78 is 44.6. The molecule has 6 nitrogen and oxygen atoms in total. The third kappa shape index (κ3) is 4.17. The first-order valence-corrected chi connectivity index (χ1v) is 9.97. The fourth-order valence-corrected chi connectivity index (χ4v) is 3.89. The Morgan fingerprint density at radius 1 is 1.12 bits per heavy atom. The predicted octanol–water partition coefficient (Wildman–Crippen LogP) is 2.82. The van der Waals surface area contributed by atoms with Crippen LogP contribution in [-0.2, 0) is 14.8 Å². The lowest BCUT2D eigenvalue weighted by molar-refractivity contribution is 0.107. The minimum Gasteiger partial charge on any atom is -0.490 e. The molecule has 0 radical (unpaired) electrons. The lowest BCUT2D eigenvalue weighted by Crippen LogP contribution is -2.29. The maximum absolute atomic E-state index is 12.7. The summed E-state index contributed by atoms with van der Waals surface area (Å²) in [5.41, 5.74) is 2.01. The molecule has 26 heavy (non-hydrogen) atoms. The van der Waals surface area contributed by atoms with Crippen molar-refractivity contribution < 1.29 is 22.6 Å². The standard InChI is InChI=1S/C19H23NO5S/c1-14-6-3-4-7-16(14)19(23-2)13-20-26(21,22)15-8-9-17-18(12-15)25-11-5-10-24-17/h3-4,6-9,12,19-20H,5,10-11,13H2,1-2H3. The Hall–Kier alpha value is -2.09. The number of hydrogen-bond acceptors (Lipinski definition) is 5. The highest BCUT2D eigenvalue weighted by atomic mass is 32.2. The molecule has 0 saturated carbocycles. The van der Waals surface area contributed by atoms with Gasteiger partial charge in [0.2, 0.25) is 10.0 Å². The van der Waals surface area contributed by atoms with Gasteiger partial charge in [0.1, 0.15) is 0 Å². The Morgan fingerprint density at radius 2 is 1.85 bits per heavy atom. The highest BCUT2D eigenvalue weighted by molar-refractivity contribution is 7.89. The molecule has 1 aliphatic heterocycles. The van der Waals surface area contributed by atoms with Gasteiger partial charge in [-0.1, -0.05) is 24.3 Å². The maximum Gasteiger partial charge on any atom is 0.240 e. The van der Waals surface area contributed by atoms with Crippen LogP contribution in [-0.4, -0.2) is 35.3 Å². The Bertz CT molecular complexity index is 866. The first-order chi connectivity index (χ1) is 12.5. The molecule has 1 atom stereocenters. The van der Waals surface area contributed by atoms with E-state index in [1.165, 1.54) is 12.1 Å². The number of methoxy groups -OCH3 is 1. The first kappa shape index (κ1) is 18.7. The van der Waals surface area contributed by atoms with E-state index in [2.05, 4.69) is 4.72 Å². The lowest BCUT2D eigenvalue weighted by Gasteiger charge is -2.19. The molecule has 2 aromatic rings. The van der Waals surface area contributed by atoms with Gasteiger partial charge in [0.15, 0.2) is 11.5 Å². The summed E-state index contributed by atoms with van der Waals surface area (Å²) in [7, 11) is -2.13. The number of aryl methyl sites for hydroxylation is 1. The van der Waals surface area contributed by atoms with Gasteiger partial charge in [-0.25, -0.2) is 13.1 Å². The maximum atomic E-state index is 12.7. The largest absolute Gasteiger partial charge is 0.490 e. The first-order valence-electron chi connectivity index (χ1n) is 8.49. The number of sulfonamides is 1. The van der Waals surface area contributed by atoms with Crippen molar-refractivity contribution in [2.75, 3.05) is 26.9 Å². The van der Waals surface area contributed by atoms with E-state index >= 15 is 0 Å². The van der Waals surface area contributed by atoms with Crippen molar-refractivity contribution in [1.29, 1.82) is 0 Å². The molecule has 1 unspecified atom stereocenters. The van der Waals surface area contributed by atoms with Crippen molar-refractivity contribution in [3.05, 3.63) is 53.6 Å². The summed E-state index contributed by atoms with van der Waals surface area (Å²) in [6.45, 7) is 3.17. The summed E-state index contributed by atoms with van der Waals surface area (Å²) in [4.78, 5) is 0.140. The van der Waals surface area contributed by atoms with Crippen LogP contribution in [0.25, 0.3) is 0 Å². The molecule has 7 heteroatoms. The Kier molecular flexibility index (Phi) is 5.80. The Balaban J connectivity index is 1.76. The molecule has 1 N–H and O–H groups in total. The molecule has 0 fully saturated rings. The van der Waals surface area contributed by atoms with E-state index < -0.39 is 10.0 Å². The van der Waals surface area contributed by atoms with Gasteiger partial charge in [-0.2, -0.15) is 0 Å². The zero-order chi connectivity index (χ0) is 18.6. The molecule has 0 aromatic heterocycles. The highest BCUT2D eigenvalue weighted by Crippen LogP contribution is 2.32. The second kappa shape index (κ2) is 8.07. The van der Waals surface area contributed by atoms with Crippen LogP contribution in [0.3, 0.4) is 0 Å². The summed E-state index contributed by atoms with van der Waals surface area (Å²) >= 11 is 0. The van der Waals surface area contributed by atoms with Crippen molar-refractivity contribution in [3.63, 3.8) is 0 Å². The smallest absolute Gasteiger partial charge is 0.240 e. The summed E-state index contributed by atoms with van der Waals surface area (Å²) in [6.07, 6.45) is 0.396. The topological polar surface area (TPSA) is 73.9 Å². The second-order valence-corrected chi connectivity index (χ2v) is 7.86. The minimum absolute atomic E-state index is 0.137. The van der Waals surface area contributed by atoms with Crippen LogP contribution < -0.4 is 14.2 Å². The van der Waals surface area contributed by atoms with E-state index in [0.717, 1.165) is 17.5 Å². The van der Waals surface area contributed by atoms with Gasteiger partial charge in [0.05, 0.1) is 24.2 Å². The van der Waals surface area contributed by atoms with Crippen molar-refractivity contribution in [2.45, 2.75) is 24.3 Å². The van der Waals surface area contributed by atoms with Crippen LogP contribution >= 0.6 is 0 Å². The van der Waals surface area contributed by atoms with Gasteiger partial charge in [-0.3, -0.25) is 0 Å². The SMILES string of the molecule is COC(CNS(=O)(=O)c1ccc2c(c1)OCCCO2)c1ccccc1C. The van der Waals surface area contributed by atoms with Crippen LogP contribution in [0.4, 0.5) is 0 Å². The zero-order valence-corrected chi connectivity index (χ0v) is 15.7. The molecule has 1 heterocycles. The van der Waals surface area contributed by atoms with E-state index in [4.69, 9.17) is 14.2 Å². The minimum atomic E-state index is -3.70. The Morgan fingerprint density at radius 3 is 2.58 bits per heavy atom. The van der Waals surface area contributed by atoms with Gasteiger partial charge in [0, 0.05) is 26.1 Å². The molecular formula is C19H23NO5S. The van der Waals surface area contributed by atoms with Gasteiger partial charge in [-0.05, 0) is 30.2 Å². The van der Waals surface area contributed by atoms with E-state index in [1.54, 1.807) is 13.2 Å². The third-order valence-electron chi connectivity index (χ3n) is 4.31. The molecule has 0 amide bonds. The zero-order valence-electron chi connectivity index (χ0n) is 14.9. The fraction of sp³-hybridized carbons (Fsp3) is 0.368.